The topological polar surface area (TPSA) is 38.3 Å². The van der Waals surface area contributed by atoms with Gasteiger partial charge in [0.05, 0.1) is 12.0 Å². The Labute approximate surface area is 87.7 Å². The van der Waals surface area contributed by atoms with E-state index in [0.29, 0.717) is 19.6 Å². The Morgan fingerprint density at radius 1 is 1.62 bits per heavy atom. The highest BCUT2D eigenvalue weighted by molar-refractivity contribution is 6.53. The number of halogens is 2. The molecule has 0 aromatic rings. The van der Waals surface area contributed by atoms with Crippen LogP contribution in [0.25, 0.3) is 0 Å². The molecule has 1 fully saturated rings. The van der Waals surface area contributed by atoms with Gasteiger partial charge in [0, 0.05) is 13.7 Å². The van der Waals surface area contributed by atoms with Crippen molar-refractivity contribution in [3.8, 4) is 0 Å². The molecule has 1 aliphatic carbocycles. The molecule has 0 aliphatic heterocycles. The Morgan fingerprint density at radius 2 is 2.15 bits per heavy atom. The van der Waals surface area contributed by atoms with E-state index < -0.39 is 9.75 Å². The number of carbonyl (C=O) groups is 1. The molecule has 0 aromatic carbocycles. The summed E-state index contributed by atoms with van der Waals surface area (Å²) in [5.41, 5.74) is -0.621. The summed E-state index contributed by atoms with van der Waals surface area (Å²) in [5.74, 6) is -0.102. The van der Waals surface area contributed by atoms with Crippen molar-refractivity contribution in [2.45, 2.75) is 17.7 Å². The third-order valence-corrected chi connectivity index (χ3v) is 3.45. The quantitative estimate of drug-likeness (QED) is 0.580. The molecule has 1 saturated carbocycles. The number of amides is 1. The van der Waals surface area contributed by atoms with Gasteiger partial charge in [0.1, 0.15) is 4.33 Å². The highest BCUT2D eigenvalue weighted by atomic mass is 35.5. The largest absolute Gasteiger partial charge is 0.383 e. The molecular weight excluding hydrogens is 213 g/mol. The molecule has 3 nitrogen and oxygen atoms in total. The van der Waals surface area contributed by atoms with E-state index in [1.807, 2.05) is 0 Å². The Morgan fingerprint density at radius 3 is 2.54 bits per heavy atom. The first-order chi connectivity index (χ1) is 5.94. The van der Waals surface area contributed by atoms with E-state index in [0.717, 1.165) is 0 Å². The smallest absolute Gasteiger partial charge is 0.229 e. The first-order valence-electron chi connectivity index (χ1n) is 4.09. The number of ether oxygens (including phenoxy) is 1. The molecule has 13 heavy (non-hydrogen) atoms. The number of carbonyl (C=O) groups excluding carboxylic acids is 1. The van der Waals surface area contributed by atoms with Crippen LogP contribution >= 0.6 is 23.2 Å². The van der Waals surface area contributed by atoms with Crippen molar-refractivity contribution >= 4 is 29.1 Å². The van der Waals surface area contributed by atoms with Gasteiger partial charge in [0.2, 0.25) is 5.91 Å². The third kappa shape index (κ3) is 2.09. The Balaban J connectivity index is 2.34. The lowest BCUT2D eigenvalue weighted by atomic mass is 10.1. The summed E-state index contributed by atoms with van der Waals surface area (Å²) in [6.45, 7) is 2.75. The second kappa shape index (κ2) is 3.64. The van der Waals surface area contributed by atoms with Crippen molar-refractivity contribution in [3.05, 3.63) is 0 Å². The highest BCUT2D eigenvalue weighted by Crippen LogP contribution is 2.63. The Bertz CT molecular complexity index is 220. The lowest BCUT2D eigenvalue weighted by Crippen LogP contribution is -2.35. The molecule has 5 heteroatoms. The zero-order valence-electron chi connectivity index (χ0n) is 7.69. The van der Waals surface area contributed by atoms with Gasteiger partial charge in [-0.1, -0.05) is 0 Å². The molecule has 1 rings (SSSR count). The number of alkyl halides is 2. The van der Waals surface area contributed by atoms with Gasteiger partial charge < -0.3 is 10.1 Å². The molecular formula is C8H13Cl2NO2. The van der Waals surface area contributed by atoms with Crippen LogP contribution in [0, 0.1) is 5.41 Å². The first kappa shape index (κ1) is 11.1. The van der Waals surface area contributed by atoms with Crippen molar-refractivity contribution in [1.29, 1.82) is 0 Å². The van der Waals surface area contributed by atoms with Crippen molar-refractivity contribution < 1.29 is 9.53 Å². The molecule has 1 amide bonds. The average molecular weight is 226 g/mol. The number of rotatable bonds is 4. The monoisotopic (exact) mass is 225 g/mol. The van der Waals surface area contributed by atoms with Crippen molar-refractivity contribution in [3.63, 3.8) is 0 Å². The van der Waals surface area contributed by atoms with E-state index in [9.17, 15) is 4.79 Å². The van der Waals surface area contributed by atoms with Crippen molar-refractivity contribution in [1.82, 2.24) is 5.32 Å². The zero-order valence-corrected chi connectivity index (χ0v) is 9.21. The molecule has 0 saturated heterocycles. The zero-order chi connectivity index (χ0) is 10.1. The summed E-state index contributed by atoms with van der Waals surface area (Å²) < 4.78 is 3.91. The molecule has 0 spiro atoms. The summed E-state index contributed by atoms with van der Waals surface area (Å²) in [4.78, 5) is 11.5. The van der Waals surface area contributed by atoms with Crippen LogP contribution in [-0.4, -0.2) is 30.5 Å². The SMILES string of the molecule is COCCNC(=O)C1(C)CC1(Cl)Cl. The lowest BCUT2D eigenvalue weighted by Gasteiger charge is -2.11. The minimum absolute atomic E-state index is 0.102. The molecule has 76 valence electrons. The minimum Gasteiger partial charge on any atom is -0.383 e. The van der Waals surface area contributed by atoms with Crippen LogP contribution in [0.4, 0.5) is 0 Å². The van der Waals surface area contributed by atoms with Gasteiger partial charge in [-0.15, -0.1) is 23.2 Å². The summed E-state index contributed by atoms with van der Waals surface area (Å²) >= 11 is 11.7. The molecule has 0 bridgehead atoms. The van der Waals surface area contributed by atoms with Crippen LogP contribution in [0.5, 0.6) is 0 Å². The Hall–Kier alpha value is 0.01000. The van der Waals surface area contributed by atoms with E-state index in [2.05, 4.69) is 5.32 Å². The van der Waals surface area contributed by atoms with E-state index in [1.54, 1.807) is 14.0 Å². The van der Waals surface area contributed by atoms with Gasteiger partial charge in [-0.2, -0.15) is 0 Å². The summed E-state index contributed by atoms with van der Waals surface area (Å²) in [6, 6.07) is 0. The fourth-order valence-corrected chi connectivity index (χ4v) is 1.81. The highest BCUT2D eigenvalue weighted by Gasteiger charge is 2.67. The molecule has 1 unspecified atom stereocenters. The average Bonchev–Trinajstić information content (AvgIpc) is 2.53. The van der Waals surface area contributed by atoms with Crippen LogP contribution in [0.15, 0.2) is 0 Å². The summed E-state index contributed by atoms with van der Waals surface area (Å²) in [7, 11) is 1.58. The van der Waals surface area contributed by atoms with Gasteiger partial charge in [-0.05, 0) is 13.3 Å². The van der Waals surface area contributed by atoms with E-state index in [1.165, 1.54) is 0 Å². The lowest BCUT2D eigenvalue weighted by molar-refractivity contribution is -0.125. The molecule has 1 atom stereocenters. The van der Waals surface area contributed by atoms with Gasteiger partial charge >= 0.3 is 0 Å². The first-order valence-corrected chi connectivity index (χ1v) is 4.85. The van der Waals surface area contributed by atoms with Gasteiger partial charge in [0.25, 0.3) is 0 Å². The number of nitrogens with one attached hydrogen (secondary N) is 1. The predicted molar refractivity (Wildman–Crippen MR) is 52.0 cm³/mol. The van der Waals surface area contributed by atoms with Crippen LogP contribution in [0.1, 0.15) is 13.3 Å². The number of hydrogen-bond acceptors (Lipinski definition) is 2. The maximum atomic E-state index is 11.5. The van der Waals surface area contributed by atoms with Crippen LogP contribution in [-0.2, 0) is 9.53 Å². The van der Waals surface area contributed by atoms with Crippen molar-refractivity contribution in [2.75, 3.05) is 20.3 Å². The normalized spacial score (nSPS) is 29.8. The van der Waals surface area contributed by atoms with Gasteiger partial charge in [0.15, 0.2) is 0 Å². The molecule has 1 N–H and O–H groups in total. The van der Waals surface area contributed by atoms with E-state index in [-0.39, 0.29) is 5.91 Å². The van der Waals surface area contributed by atoms with E-state index in [4.69, 9.17) is 27.9 Å². The Kier molecular flexibility index (Phi) is 3.10. The fourth-order valence-electron chi connectivity index (χ4n) is 1.11. The van der Waals surface area contributed by atoms with Crippen LogP contribution in [0.3, 0.4) is 0 Å². The molecule has 0 heterocycles. The van der Waals surface area contributed by atoms with Crippen molar-refractivity contribution in [2.24, 2.45) is 5.41 Å². The van der Waals surface area contributed by atoms with E-state index >= 15 is 0 Å². The number of methoxy groups -OCH3 is 1. The standard InChI is InChI=1S/C8H13Cl2NO2/c1-7(5-8(7,9)10)6(12)11-3-4-13-2/h3-5H2,1-2H3,(H,11,12). The molecule has 0 radical (unpaired) electrons. The molecule has 1 aliphatic rings. The third-order valence-electron chi connectivity index (χ3n) is 2.35. The summed E-state index contributed by atoms with van der Waals surface area (Å²) in [5, 5.41) is 2.71. The minimum atomic E-state index is -0.885. The van der Waals surface area contributed by atoms with Gasteiger partial charge in [-0.25, -0.2) is 0 Å². The molecule has 0 aromatic heterocycles. The second-order valence-electron chi connectivity index (χ2n) is 3.46. The van der Waals surface area contributed by atoms with Crippen LogP contribution < -0.4 is 5.32 Å². The van der Waals surface area contributed by atoms with Crippen LogP contribution in [0.2, 0.25) is 0 Å². The maximum Gasteiger partial charge on any atom is 0.229 e. The predicted octanol–water partition coefficient (Wildman–Crippen LogP) is 1.33. The summed E-state index contributed by atoms with van der Waals surface area (Å²) in [6.07, 6.45) is 0.516. The maximum absolute atomic E-state index is 11.5. The second-order valence-corrected chi connectivity index (χ2v) is 4.95. The fraction of sp³-hybridized carbons (Fsp3) is 0.875. The van der Waals surface area contributed by atoms with Gasteiger partial charge in [-0.3, -0.25) is 4.79 Å². The number of hydrogen-bond donors (Lipinski definition) is 1.